The first-order chi connectivity index (χ1) is 10.1. The number of carbonyl (C=O) groups excluding carboxylic acids is 1. The van der Waals surface area contributed by atoms with Crippen molar-refractivity contribution in [2.45, 2.75) is 38.8 Å². The summed E-state index contributed by atoms with van der Waals surface area (Å²) in [5, 5.41) is 11.0. The second-order valence-electron chi connectivity index (χ2n) is 5.27. The highest BCUT2D eigenvalue weighted by Crippen LogP contribution is 2.25. The third-order valence-corrected chi connectivity index (χ3v) is 4.02. The molecule has 1 atom stereocenters. The number of hydrogen-bond donors (Lipinski definition) is 0. The summed E-state index contributed by atoms with van der Waals surface area (Å²) in [5.41, 5.74) is 0.715. The predicted octanol–water partition coefficient (Wildman–Crippen LogP) is 2.76. The third kappa shape index (κ3) is 3.39. The van der Waals surface area contributed by atoms with E-state index in [-0.39, 0.29) is 11.3 Å². The molecule has 0 spiro atoms. The molecule has 0 unspecified atom stereocenters. The molecule has 6 nitrogen and oxygen atoms in total. The summed E-state index contributed by atoms with van der Waals surface area (Å²) >= 11 is 0. The Kier molecular flexibility index (Phi) is 4.90. The molecular formula is C15H20N2O4. The summed E-state index contributed by atoms with van der Waals surface area (Å²) in [5.74, 6) is -0.669. The van der Waals surface area contributed by atoms with Crippen molar-refractivity contribution in [3.05, 3.63) is 39.4 Å². The Balaban J connectivity index is 2.25. The van der Waals surface area contributed by atoms with Gasteiger partial charge in [-0.25, -0.2) is 4.79 Å². The highest BCUT2D eigenvalue weighted by Gasteiger charge is 2.25. The topological polar surface area (TPSA) is 72.7 Å². The standard InChI is InChI=1S/C15H20N2O4/c1-3-12-5-4-8-16(12)10-11-6-7-14(17(19)20)13(9-11)15(18)21-2/h6-7,9,12H,3-5,8,10H2,1-2H3/t12-/m0/s1. The Labute approximate surface area is 123 Å². The van der Waals surface area contributed by atoms with Gasteiger partial charge in [0.2, 0.25) is 0 Å². The summed E-state index contributed by atoms with van der Waals surface area (Å²) in [4.78, 5) is 24.5. The first-order valence-electron chi connectivity index (χ1n) is 7.16. The lowest BCUT2D eigenvalue weighted by Gasteiger charge is -2.23. The summed E-state index contributed by atoms with van der Waals surface area (Å²) in [6, 6.07) is 5.24. The van der Waals surface area contributed by atoms with Crippen molar-refractivity contribution in [1.29, 1.82) is 0 Å². The van der Waals surface area contributed by atoms with Gasteiger partial charge in [0, 0.05) is 18.7 Å². The molecule has 1 heterocycles. The van der Waals surface area contributed by atoms with Crippen molar-refractivity contribution < 1.29 is 14.5 Å². The van der Waals surface area contributed by atoms with Crippen LogP contribution in [0.15, 0.2) is 18.2 Å². The van der Waals surface area contributed by atoms with Crippen LogP contribution in [0.2, 0.25) is 0 Å². The van der Waals surface area contributed by atoms with Gasteiger partial charge in [-0.3, -0.25) is 15.0 Å². The number of nitrogens with zero attached hydrogens (tertiary/aromatic N) is 2. The second-order valence-corrected chi connectivity index (χ2v) is 5.27. The maximum absolute atomic E-state index is 11.7. The molecule has 1 aromatic rings. The molecule has 1 fully saturated rings. The zero-order chi connectivity index (χ0) is 15.4. The van der Waals surface area contributed by atoms with Gasteiger partial charge < -0.3 is 4.74 Å². The summed E-state index contributed by atoms with van der Waals surface area (Å²) in [6.45, 7) is 3.91. The van der Waals surface area contributed by atoms with Crippen LogP contribution >= 0.6 is 0 Å². The van der Waals surface area contributed by atoms with Crippen LogP contribution in [-0.4, -0.2) is 35.5 Å². The minimum atomic E-state index is -0.669. The molecule has 1 aliphatic heterocycles. The van der Waals surface area contributed by atoms with Gasteiger partial charge in [-0.1, -0.05) is 13.0 Å². The van der Waals surface area contributed by atoms with Gasteiger partial charge >= 0.3 is 5.97 Å². The van der Waals surface area contributed by atoms with Crippen LogP contribution in [0.25, 0.3) is 0 Å². The molecule has 1 saturated heterocycles. The lowest BCUT2D eigenvalue weighted by molar-refractivity contribution is -0.385. The summed E-state index contributed by atoms with van der Waals surface area (Å²) in [7, 11) is 1.23. The van der Waals surface area contributed by atoms with Crippen molar-refractivity contribution in [2.24, 2.45) is 0 Å². The number of nitro benzene ring substituents is 1. The number of nitro groups is 1. The van der Waals surface area contributed by atoms with E-state index in [0.29, 0.717) is 12.6 Å². The Morgan fingerprint density at radius 3 is 2.90 bits per heavy atom. The van der Waals surface area contributed by atoms with Crippen LogP contribution in [0.4, 0.5) is 5.69 Å². The van der Waals surface area contributed by atoms with E-state index in [4.69, 9.17) is 0 Å². The maximum atomic E-state index is 11.7. The van der Waals surface area contributed by atoms with Crippen LogP contribution in [0.1, 0.15) is 42.1 Å². The molecule has 0 amide bonds. The van der Waals surface area contributed by atoms with Crippen molar-refractivity contribution in [2.75, 3.05) is 13.7 Å². The van der Waals surface area contributed by atoms with E-state index in [1.165, 1.54) is 26.0 Å². The number of benzene rings is 1. The molecule has 6 heteroatoms. The van der Waals surface area contributed by atoms with Crippen molar-refractivity contribution in [1.82, 2.24) is 4.90 Å². The highest BCUT2D eigenvalue weighted by atomic mass is 16.6. The average Bonchev–Trinajstić information content (AvgIpc) is 2.93. The van der Waals surface area contributed by atoms with Crippen LogP contribution in [0, 0.1) is 10.1 Å². The van der Waals surface area contributed by atoms with E-state index in [1.54, 1.807) is 12.1 Å². The number of ether oxygens (including phenoxy) is 1. The fraction of sp³-hybridized carbons (Fsp3) is 0.533. The molecule has 0 radical (unpaired) electrons. The Morgan fingerprint density at radius 1 is 1.52 bits per heavy atom. The van der Waals surface area contributed by atoms with E-state index in [1.807, 2.05) is 0 Å². The minimum Gasteiger partial charge on any atom is -0.465 e. The molecule has 0 N–H and O–H groups in total. The summed E-state index contributed by atoms with van der Waals surface area (Å²) < 4.78 is 4.64. The number of likely N-dealkylation sites (tertiary alicyclic amines) is 1. The van der Waals surface area contributed by atoms with E-state index >= 15 is 0 Å². The van der Waals surface area contributed by atoms with Crippen molar-refractivity contribution >= 4 is 11.7 Å². The van der Waals surface area contributed by atoms with Crippen LogP contribution in [-0.2, 0) is 11.3 Å². The minimum absolute atomic E-state index is 0.0206. The number of methoxy groups -OCH3 is 1. The fourth-order valence-electron chi connectivity index (χ4n) is 2.91. The molecule has 2 rings (SSSR count). The Bertz CT molecular complexity index is 544. The van der Waals surface area contributed by atoms with Gasteiger partial charge in [0.15, 0.2) is 0 Å². The molecular weight excluding hydrogens is 272 g/mol. The SMILES string of the molecule is CC[C@H]1CCCN1Cc1ccc([N+](=O)[O-])c(C(=O)OC)c1. The van der Waals surface area contributed by atoms with Gasteiger partial charge in [0.05, 0.1) is 12.0 Å². The monoisotopic (exact) mass is 292 g/mol. The van der Waals surface area contributed by atoms with E-state index in [9.17, 15) is 14.9 Å². The normalized spacial score (nSPS) is 18.7. The number of esters is 1. The molecule has 1 aromatic carbocycles. The quantitative estimate of drug-likeness (QED) is 0.474. The van der Waals surface area contributed by atoms with E-state index in [2.05, 4.69) is 16.6 Å². The van der Waals surface area contributed by atoms with E-state index in [0.717, 1.165) is 18.5 Å². The molecule has 0 bridgehead atoms. The summed E-state index contributed by atoms with van der Waals surface area (Å²) in [6.07, 6.45) is 3.46. The number of carbonyl (C=O) groups is 1. The van der Waals surface area contributed by atoms with Gasteiger partial charge in [-0.05, 0) is 37.4 Å². The molecule has 21 heavy (non-hydrogen) atoms. The van der Waals surface area contributed by atoms with E-state index < -0.39 is 10.9 Å². The van der Waals surface area contributed by atoms with Crippen LogP contribution in [0.3, 0.4) is 0 Å². The van der Waals surface area contributed by atoms with Gasteiger partial charge in [-0.2, -0.15) is 0 Å². The largest absolute Gasteiger partial charge is 0.465 e. The van der Waals surface area contributed by atoms with Crippen LogP contribution < -0.4 is 0 Å². The lowest BCUT2D eigenvalue weighted by Crippen LogP contribution is -2.28. The maximum Gasteiger partial charge on any atom is 0.344 e. The smallest absolute Gasteiger partial charge is 0.344 e. The molecule has 0 aliphatic carbocycles. The third-order valence-electron chi connectivity index (χ3n) is 4.02. The fourth-order valence-corrected chi connectivity index (χ4v) is 2.91. The van der Waals surface area contributed by atoms with Crippen LogP contribution in [0.5, 0.6) is 0 Å². The predicted molar refractivity (Wildman–Crippen MR) is 78.2 cm³/mol. The molecule has 0 aromatic heterocycles. The Morgan fingerprint density at radius 2 is 2.29 bits per heavy atom. The van der Waals surface area contributed by atoms with Gasteiger partial charge in [0.25, 0.3) is 5.69 Å². The molecule has 0 saturated carbocycles. The lowest BCUT2D eigenvalue weighted by atomic mass is 10.1. The van der Waals surface area contributed by atoms with Crippen molar-refractivity contribution in [3.63, 3.8) is 0 Å². The first kappa shape index (κ1) is 15.4. The van der Waals surface area contributed by atoms with Crippen molar-refractivity contribution in [3.8, 4) is 0 Å². The first-order valence-corrected chi connectivity index (χ1v) is 7.16. The highest BCUT2D eigenvalue weighted by molar-refractivity contribution is 5.94. The second kappa shape index (κ2) is 6.67. The zero-order valence-corrected chi connectivity index (χ0v) is 12.4. The number of rotatable bonds is 5. The number of hydrogen-bond acceptors (Lipinski definition) is 5. The molecule has 1 aliphatic rings. The van der Waals surface area contributed by atoms with Gasteiger partial charge in [0.1, 0.15) is 5.56 Å². The average molecular weight is 292 g/mol. The zero-order valence-electron chi connectivity index (χ0n) is 12.4. The van der Waals surface area contributed by atoms with Gasteiger partial charge in [-0.15, -0.1) is 0 Å². The molecule has 114 valence electrons. The Hall–Kier alpha value is -1.95.